The molecule has 0 N–H and O–H groups in total. The van der Waals surface area contributed by atoms with Crippen LogP contribution in [0.3, 0.4) is 0 Å². The molecule has 3 nitrogen and oxygen atoms in total. The fraction of sp³-hybridized carbons (Fsp3) is 0.308. The van der Waals surface area contributed by atoms with E-state index in [0.29, 0.717) is 24.7 Å². The molecular weight excluding hydrogens is 392 g/mol. The van der Waals surface area contributed by atoms with Gasteiger partial charge in [-0.3, -0.25) is 4.21 Å². The van der Waals surface area contributed by atoms with Gasteiger partial charge in [-0.25, -0.2) is 0 Å². The molecule has 30 heavy (non-hydrogen) atoms. The van der Waals surface area contributed by atoms with Crippen LogP contribution in [0.5, 0.6) is 11.5 Å². The zero-order valence-corrected chi connectivity index (χ0v) is 18.8. The van der Waals surface area contributed by atoms with Crippen molar-refractivity contribution in [1.29, 1.82) is 0 Å². The highest BCUT2D eigenvalue weighted by Gasteiger charge is 2.19. The third-order valence-electron chi connectivity index (χ3n) is 4.74. The zero-order valence-electron chi connectivity index (χ0n) is 18.0. The van der Waals surface area contributed by atoms with Crippen molar-refractivity contribution in [1.82, 2.24) is 0 Å². The fourth-order valence-electron chi connectivity index (χ4n) is 2.93. The first-order valence-corrected chi connectivity index (χ1v) is 11.6. The molecule has 0 aliphatic rings. The first-order valence-electron chi connectivity index (χ1n) is 10.3. The number of rotatable bonds is 9. The molecule has 0 spiro atoms. The summed E-state index contributed by atoms with van der Waals surface area (Å²) >= 11 is 0. The predicted molar refractivity (Wildman–Crippen MR) is 124 cm³/mol. The van der Waals surface area contributed by atoms with Crippen molar-refractivity contribution < 1.29 is 13.7 Å². The van der Waals surface area contributed by atoms with Gasteiger partial charge in [0.1, 0.15) is 13.2 Å². The third kappa shape index (κ3) is 6.74. The normalized spacial score (nSPS) is 12.4. The van der Waals surface area contributed by atoms with Gasteiger partial charge in [-0.1, -0.05) is 66.7 Å². The van der Waals surface area contributed by atoms with E-state index in [1.165, 1.54) is 0 Å². The Bertz CT molecular complexity index is 947. The van der Waals surface area contributed by atoms with Crippen LogP contribution in [0.1, 0.15) is 37.5 Å². The predicted octanol–water partition coefficient (Wildman–Crippen LogP) is 5.93. The highest BCUT2D eigenvalue weighted by atomic mass is 32.2. The zero-order chi connectivity index (χ0) is 21.4. The minimum Gasteiger partial charge on any atom is -0.485 e. The maximum Gasteiger partial charge on any atom is 0.161 e. The van der Waals surface area contributed by atoms with Gasteiger partial charge in [-0.15, -0.1) is 0 Å². The van der Waals surface area contributed by atoms with Gasteiger partial charge in [0.2, 0.25) is 0 Å². The highest BCUT2D eigenvalue weighted by molar-refractivity contribution is 7.86. The van der Waals surface area contributed by atoms with E-state index in [0.717, 1.165) is 28.9 Å². The van der Waals surface area contributed by atoms with Crippen molar-refractivity contribution >= 4 is 10.8 Å². The number of hydrogen-bond donors (Lipinski definition) is 0. The van der Waals surface area contributed by atoms with Crippen molar-refractivity contribution in [3.05, 3.63) is 95.6 Å². The van der Waals surface area contributed by atoms with Crippen LogP contribution >= 0.6 is 0 Å². The summed E-state index contributed by atoms with van der Waals surface area (Å²) in [6, 6.07) is 26.2. The second-order valence-corrected chi connectivity index (χ2v) is 10.6. The average Bonchev–Trinajstić information content (AvgIpc) is 2.76. The van der Waals surface area contributed by atoms with E-state index in [2.05, 4.69) is 0 Å². The molecule has 3 aromatic carbocycles. The molecule has 0 saturated carbocycles. The minimum absolute atomic E-state index is 0.203. The van der Waals surface area contributed by atoms with Crippen LogP contribution in [-0.4, -0.2) is 14.7 Å². The molecule has 0 heterocycles. The molecule has 0 fully saturated rings. The maximum absolute atomic E-state index is 12.4. The Kier molecular flexibility index (Phi) is 7.69. The lowest BCUT2D eigenvalue weighted by Crippen LogP contribution is -2.24. The van der Waals surface area contributed by atoms with Crippen molar-refractivity contribution in [3.63, 3.8) is 0 Å². The Labute approximate surface area is 182 Å². The third-order valence-corrected chi connectivity index (χ3v) is 6.68. The highest BCUT2D eigenvalue weighted by Crippen LogP contribution is 2.30. The molecule has 1 unspecified atom stereocenters. The van der Waals surface area contributed by atoms with Crippen molar-refractivity contribution in [3.8, 4) is 11.5 Å². The summed E-state index contributed by atoms with van der Waals surface area (Å²) in [6.07, 6.45) is 0.741. The van der Waals surface area contributed by atoms with Crippen LogP contribution < -0.4 is 9.47 Å². The van der Waals surface area contributed by atoms with E-state index in [9.17, 15) is 4.21 Å². The monoisotopic (exact) mass is 422 g/mol. The van der Waals surface area contributed by atoms with Crippen molar-refractivity contribution in [2.75, 3.05) is 5.75 Å². The van der Waals surface area contributed by atoms with Gasteiger partial charge < -0.3 is 9.47 Å². The van der Waals surface area contributed by atoms with Crippen LogP contribution in [0.15, 0.2) is 78.9 Å². The summed E-state index contributed by atoms with van der Waals surface area (Å²) in [6.45, 7) is 6.99. The lowest BCUT2D eigenvalue weighted by molar-refractivity contribution is 0.255. The number of aryl methyl sites for hydroxylation is 1. The molecule has 1 atom stereocenters. The first kappa shape index (κ1) is 22.1. The van der Waals surface area contributed by atoms with Gasteiger partial charge in [0.15, 0.2) is 11.5 Å². The Morgan fingerprint density at radius 2 is 1.23 bits per heavy atom. The molecule has 0 saturated heterocycles. The fourth-order valence-corrected chi connectivity index (χ4v) is 3.96. The Hall–Kier alpha value is -2.59. The molecule has 0 aliphatic heterocycles. The molecular formula is C26H30O3S. The quantitative estimate of drug-likeness (QED) is 0.428. The minimum atomic E-state index is -0.884. The van der Waals surface area contributed by atoms with Crippen molar-refractivity contribution in [2.45, 2.75) is 45.2 Å². The topological polar surface area (TPSA) is 35.5 Å². The number of ether oxygens (including phenoxy) is 2. The first-order chi connectivity index (χ1) is 14.4. The van der Waals surface area contributed by atoms with Gasteiger partial charge in [0, 0.05) is 21.3 Å². The summed E-state index contributed by atoms with van der Waals surface area (Å²) in [5.74, 6) is 2.07. The Balaban J connectivity index is 1.73. The van der Waals surface area contributed by atoms with Crippen molar-refractivity contribution in [2.24, 2.45) is 0 Å². The Morgan fingerprint density at radius 3 is 1.77 bits per heavy atom. The van der Waals surface area contributed by atoms with Gasteiger partial charge in [-0.2, -0.15) is 0 Å². The Morgan fingerprint density at radius 1 is 0.700 bits per heavy atom. The van der Waals surface area contributed by atoms with Gasteiger partial charge in [0.25, 0.3) is 0 Å². The molecule has 0 amide bonds. The second kappa shape index (κ2) is 10.4. The molecule has 4 heteroatoms. The van der Waals surface area contributed by atoms with E-state index in [1.54, 1.807) is 0 Å². The number of benzene rings is 3. The smallest absolute Gasteiger partial charge is 0.161 e. The van der Waals surface area contributed by atoms with Crippen LogP contribution in [-0.2, 0) is 30.4 Å². The average molecular weight is 423 g/mol. The SMILES string of the molecule is CC(C)(C)S(=O)CCc1ccc(OCc2ccccc2)c(OCc2ccccc2)c1. The van der Waals surface area contributed by atoms with E-state index in [4.69, 9.17) is 9.47 Å². The van der Waals surface area contributed by atoms with Crippen LogP contribution in [0.25, 0.3) is 0 Å². The second-order valence-electron chi connectivity index (χ2n) is 8.24. The summed E-state index contributed by atoms with van der Waals surface area (Å²) in [4.78, 5) is 0. The number of hydrogen-bond acceptors (Lipinski definition) is 3. The lowest BCUT2D eigenvalue weighted by Gasteiger charge is -2.18. The van der Waals surface area contributed by atoms with E-state index in [-0.39, 0.29) is 4.75 Å². The van der Waals surface area contributed by atoms with Crippen LogP contribution in [0.2, 0.25) is 0 Å². The molecule has 0 bridgehead atoms. The van der Waals surface area contributed by atoms with Crippen LogP contribution in [0.4, 0.5) is 0 Å². The van der Waals surface area contributed by atoms with Gasteiger partial charge in [0.05, 0.1) is 0 Å². The largest absolute Gasteiger partial charge is 0.485 e. The summed E-state index contributed by atoms with van der Waals surface area (Å²) in [7, 11) is -0.884. The molecule has 0 aliphatic carbocycles. The van der Waals surface area contributed by atoms with Gasteiger partial charge in [-0.05, 0) is 56.0 Å². The maximum atomic E-state index is 12.4. The molecule has 158 valence electrons. The standard InChI is InChI=1S/C26H30O3S/c1-26(2,3)30(27)17-16-21-14-15-24(28-19-22-10-6-4-7-11-22)25(18-21)29-20-23-12-8-5-9-13-23/h4-15,18H,16-17,19-20H2,1-3H3. The molecule has 0 aromatic heterocycles. The van der Waals surface area contributed by atoms with Gasteiger partial charge >= 0.3 is 0 Å². The summed E-state index contributed by atoms with van der Waals surface area (Å²) < 4.78 is 24.4. The molecule has 3 aromatic rings. The van der Waals surface area contributed by atoms with Crippen LogP contribution in [0, 0.1) is 0 Å². The molecule has 0 radical (unpaired) electrons. The van der Waals surface area contributed by atoms with E-state index in [1.807, 2.05) is 99.6 Å². The molecule has 3 rings (SSSR count). The summed E-state index contributed by atoms with van der Waals surface area (Å²) in [5, 5.41) is 0. The summed E-state index contributed by atoms with van der Waals surface area (Å²) in [5.41, 5.74) is 3.31. The lowest BCUT2D eigenvalue weighted by atomic mass is 10.1. The van der Waals surface area contributed by atoms with E-state index < -0.39 is 10.8 Å². The van der Waals surface area contributed by atoms with E-state index >= 15 is 0 Å².